The third-order valence-electron chi connectivity index (χ3n) is 3.58. The molecule has 1 heterocycles. The van der Waals surface area contributed by atoms with Gasteiger partial charge in [0.15, 0.2) is 11.5 Å². The SMILES string of the molecule is Cc1cc(C)cc(NC(=O)C(=O)NCc2ccc3c(c2)OCO3)c1. The highest BCUT2D eigenvalue weighted by atomic mass is 16.7. The summed E-state index contributed by atoms with van der Waals surface area (Å²) < 4.78 is 10.5. The van der Waals surface area contributed by atoms with Crippen molar-refractivity contribution < 1.29 is 19.1 Å². The molecule has 3 rings (SSSR count). The van der Waals surface area contributed by atoms with Crippen LogP contribution in [0.5, 0.6) is 11.5 Å². The van der Waals surface area contributed by atoms with Gasteiger partial charge in [-0.1, -0.05) is 12.1 Å². The first kappa shape index (κ1) is 15.9. The zero-order valence-electron chi connectivity index (χ0n) is 13.5. The molecule has 2 N–H and O–H groups in total. The van der Waals surface area contributed by atoms with E-state index < -0.39 is 11.8 Å². The van der Waals surface area contributed by atoms with Crippen LogP contribution in [-0.2, 0) is 16.1 Å². The summed E-state index contributed by atoms with van der Waals surface area (Å²) >= 11 is 0. The van der Waals surface area contributed by atoms with Gasteiger partial charge < -0.3 is 20.1 Å². The quantitative estimate of drug-likeness (QED) is 0.849. The maximum Gasteiger partial charge on any atom is 0.313 e. The average molecular weight is 326 g/mol. The Morgan fingerprint density at radius 1 is 0.958 bits per heavy atom. The summed E-state index contributed by atoms with van der Waals surface area (Å²) in [5.74, 6) is -0.0633. The molecular weight excluding hydrogens is 308 g/mol. The Morgan fingerprint density at radius 3 is 2.42 bits per heavy atom. The van der Waals surface area contributed by atoms with Crippen molar-refractivity contribution in [1.82, 2.24) is 5.32 Å². The number of rotatable bonds is 3. The lowest BCUT2D eigenvalue weighted by molar-refractivity contribution is -0.136. The molecule has 2 aromatic carbocycles. The number of anilines is 1. The molecule has 0 fully saturated rings. The second-order valence-corrected chi connectivity index (χ2v) is 5.70. The number of ether oxygens (including phenoxy) is 2. The van der Waals surface area contributed by atoms with Gasteiger partial charge in [0.05, 0.1) is 0 Å². The Bertz CT molecular complexity index is 781. The lowest BCUT2D eigenvalue weighted by Gasteiger charge is -2.08. The first-order chi connectivity index (χ1) is 11.5. The minimum Gasteiger partial charge on any atom is -0.454 e. The molecule has 6 heteroatoms. The van der Waals surface area contributed by atoms with Gasteiger partial charge in [-0.2, -0.15) is 0 Å². The normalized spacial score (nSPS) is 11.9. The molecular formula is C18H18N2O4. The van der Waals surface area contributed by atoms with E-state index >= 15 is 0 Å². The molecule has 124 valence electrons. The van der Waals surface area contributed by atoms with Gasteiger partial charge in [0.1, 0.15) is 0 Å². The molecule has 1 aliphatic rings. The van der Waals surface area contributed by atoms with Crippen LogP contribution in [0.3, 0.4) is 0 Å². The third kappa shape index (κ3) is 3.65. The molecule has 1 aliphatic heterocycles. The van der Waals surface area contributed by atoms with Crippen LogP contribution in [0.1, 0.15) is 16.7 Å². The minimum atomic E-state index is -0.694. The molecule has 0 bridgehead atoms. The maximum atomic E-state index is 12.0. The minimum absolute atomic E-state index is 0.198. The number of benzene rings is 2. The van der Waals surface area contributed by atoms with E-state index in [0.29, 0.717) is 17.2 Å². The summed E-state index contributed by atoms with van der Waals surface area (Å²) in [4.78, 5) is 23.9. The van der Waals surface area contributed by atoms with Crippen molar-refractivity contribution in [2.75, 3.05) is 12.1 Å². The molecule has 0 saturated carbocycles. The number of amides is 2. The van der Waals surface area contributed by atoms with Crippen molar-refractivity contribution in [1.29, 1.82) is 0 Å². The Kier molecular flexibility index (Phi) is 4.37. The van der Waals surface area contributed by atoms with Gasteiger partial charge in [0.2, 0.25) is 6.79 Å². The van der Waals surface area contributed by atoms with E-state index in [-0.39, 0.29) is 13.3 Å². The smallest absolute Gasteiger partial charge is 0.313 e. The van der Waals surface area contributed by atoms with Crippen molar-refractivity contribution in [3.8, 4) is 11.5 Å². The predicted molar refractivity (Wildman–Crippen MR) is 89.0 cm³/mol. The molecule has 2 aromatic rings. The molecule has 0 atom stereocenters. The van der Waals surface area contributed by atoms with Crippen molar-refractivity contribution >= 4 is 17.5 Å². The molecule has 0 aromatic heterocycles. The van der Waals surface area contributed by atoms with E-state index in [2.05, 4.69) is 10.6 Å². The average Bonchev–Trinajstić information content (AvgIpc) is 2.99. The maximum absolute atomic E-state index is 12.0. The fourth-order valence-electron chi connectivity index (χ4n) is 2.55. The van der Waals surface area contributed by atoms with Crippen molar-refractivity contribution in [3.63, 3.8) is 0 Å². The largest absolute Gasteiger partial charge is 0.454 e. The van der Waals surface area contributed by atoms with Gasteiger partial charge >= 0.3 is 11.8 Å². The second kappa shape index (κ2) is 6.62. The van der Waals surface area contributed by atoms with Crippen LogP contribution in [0, 0.1) is 13.8 Å². The standard InChI is InChI=1S/C18H18N2O4/c1-11-5-12(2)7-14(6-11)20-18(22)17(21)19-9-13-3-4-15-16(8-13)24-10-23-15/h3-8H,9-10H2,1-2H3,(H,19,21)(H,20,22). The van der Waals surface area contributed by atoms with E-state index in [1.165, 1.54) is 0 Å². The molecule has 24 heavy (non-hydrogen) atoms. The van der Waals surface area contributed by atoms with Gasteiger partial charge in [0, 0.05) is 12.2 Å². The topological polar surface area (TPSA) is 76.7 Å². The Labute approximate surface area is 139 Å². The predicted octanol–water partition coefficient (Wildman–Crippen LogP) is 2.29. The summed E-state index contributed by atoms with van der Waals surface area (Å²) in [7, 11) is 0. The van der Waals surface area contributed by atoms with Crippen molar-refractivity contribution in [3.05, 3.63) is 53.1 Å². The first-order valence-electron chi connectivity index (χ1n) is 7.57. The summed E-state index contributed by atoms with van der Waals surface area (Å²) in [6.07, 6.45) is 0. The number of hydrogen-bond acceptors (Lipinski definition) is 4. The van der Waals surface area contributed by atoms with Crippen molar-refractivity contribution in [2.24, 2.45) is 0 Å². The van der Waals surface area contributed by atoms with E-state index in [4.69, 9.17) is 9.47 Å². The zero-order valence-corrected chi connectivity index (χ0v) is 13.5. The van der Waals surface area contributed by atoms with Crippen LogP contribution in [-0.4, -0.2) is 18.6 Å². The van der Waals surface area contributed by atoms with Gasteiger partial charge in [-0.05, 0) is 54.8 Å². The Balaban J connectivity index is 1.57. The van der Waals surface area contributed by atoms with E-state index in [9.17, 15) is 9.59 Å². The number of fused-ring (bicyclic) bond motifs is 1. The third-order valence-corrected chi connectivity index (χ3v) is 3.58. The Morgan fingerprint density at radius 2 is 1.67 bits per heavy atom. The molecule has 0 unspecified atom stereocenters. The number of aryl methyl sites for hydroxylation is 2. The number of nitrogens with one attached hydrogen (secondary N) is 2. The summed E-state index contributed by atoms with van der Waals surface area (Å²) in [5, 5.41) is 5.20. The summed E-state index contributed by atoms with van der Waals surface area (Å²) in [5.41, 5.74) is 3.47. The molecule has 2 amide bonds. The van der Waals surface area contributed by atoms with Crippen LogP contribution >= 0.6 is 0 Å². The number of carbonyl (C=O) groups is 2. The van der Waals surface area contributed by atoms with E-state index in [1.807, 2.05) is 38.1 Å². The van der Waals surface area contributed by atoms with Crippen LogP contribution in [0.4, 0.5) is 5.69 Å². The van der Waals surface area contributed by atoms with Gasteiger partial charge in [-0.3, -0.25) is 9.59 Å². The lowest BCUT2D eigenvalue weighted by Crippen LogP contribution is -2.35. The number of carbonyl (C=O) groups excluding carboxylic acids is 2. The fourth-order valence-corrected chi connectivity index (χ4v) is 2.55. The van der Waals surface area contributed by atoms with Gasteiger partial charge in [-0.25, -0.2) is 0 Å². The van der Waals surface area contributed by atoms with Crippen LogP contribution in [0.25, 0.3) is 0 Å². The second-order valence-electron chi connectivity index (χ2n) is 5.70. The number of hydrogen-bond donors (Lipinski definition) is 2. The van der Waals surface area contributed by atoms with Gasteiger partial charge in [0.25, 0.3) is 0 Å². The Hall–Kier alpha value is -3.02. The van der Waals surface area contributed by atoms with Crippen LogP contribution in [0.2, 0.25) is 0 Å². The highest BCUT2D eigenvalue weighted by molar-refractivity contribution is 6.39. The molecule has 0 aliphatic carbocycles. The lowest BCUT2D eigenvalue weighted by atomic mass is 10.1. The van der Waals surface area contributed by atoms with E-state index in [1.54, 1.807) is 12.1 Å². The monoisotopic (exact) mass is 326 g/mol. The van der Waals surface area contributed by atoms with Crippen LogP contribution < -0.4 is 20.1 Å². The van der Waals surface area contributed by atoms with Crippen molar-refractivity contribution in [2.45, 2.75) is 20.4 Å². The summed E-state index contributed by atoms with van der Waals surface area (Å²) in [6, 6.07) is 11.0. The highest BCUT2D eigenvalue weighted by Gasteiger charge is 2.16. The zero-order chi connectivity index (χ0) is 17.1. The molecule has 6 nitrogen and oxygen atoms in total. The summed E-state index contributed by atoms with van der Waals surface area (Å²) in [6.45, 7) is 4.30. The molecule has 0 spiro atoms. The van der Waals surface area contributed by atoms with Crippen LogP contribution in [0.15, 0.2) is 36.4 Å². The molecule has 0 saturated heterocycles. The fraction of sp³-hybridized carbons (Fsp3) is 0.222. The molecule has 0 radical (unpaired) electrons. The van der Waals surface area contributed by atoms with E-state index in [0.717, 1.165) is 16.7 Å². The van der Waals surface area contributed by atoms with Gasteiger partial charge in [-0.15, -0.1) is 0 Å². The first-order valence-corrected chi connectivity index (χ1v) is 7.57. The highest BCUT2D eigenvalue weighted by Crippen LogP contribution is 2.32.